The summed E-state index contributed by atoms with van der Waals surface area (Å²) < 4.78 is 41.3. The second kappa shape index (κ2) is 4.82. The zero-order chi connectivity index (χ0) is 11.4. The zero-order valence-corrected chi connectivity index (χ0v) is 7.97. The lowest BCUT2D eigenvalue weighted by Crippen LogP contribution is -2.09. The predicted molar refractivity (Wildman–Crippen MR) is 48.0 cm³/mol. The van der Waals surface area contributed by atoms with E-state index >= 15 is 0 Å². The Bertz CT molecular complexity index is 364. The van der Waals surface area contributed by atoms with Gasteiger partial charge < -0.3 is 4.74 Å². The number of halogens is 3. The van der Waals surface area contributed by atoms with Crippen LogP contribution in [-0.4, -0.2) is 19.3 Å². The molecule has 0 heterocycles. The second-order valence-corrected chi connectivity index (χ2v) is 2.96. The molecule has 0 fully saturated rings. The van der Waals surface area contributed by atoms with Crippen LogP contribution in [0.4, 0.5) is 13.2 Å². The summed E-state index contributed by atoms with van der Waals surface area (Å²) in [6.07, 6.45) is -2.26. The number of carbonyl (C=O) groups excluding carboxylic acids is 1. The van der Waals surface area contributed by atoms with Crippen molar-refractivity contribution in [3.05, 3.63) is 29.1 Å². The topological polar surface area (TPSA) is 26.3 Å². The fourth-order valence-corrected chi connectivity index (χ4v) is 1.19. The highest BCUT2D eigenvalue weighted by molar-refractivity contribution is 5.80. The molecule has 0 atom stereocenters. The number of hydrogen-bond acceptors (Lipinski definition) is 2. The van der Waals surface area contributed by atoms with E-state index in [0.717, 1.165) is 12.1 Å². The number of carbonyl (C=O) groups is 1. The maximum Gasteiger partial charge on any atom is 0.272 e. The Morgan fingerprint density at radius 1 is 1.47 bits per heavy atom. The molecule has 5 heteroatoms. The summed E-state index contributed by atoms with van der Waals surface area (Å²) in [5, 5.41) is 0. The third kappa shape index (κ3) is 2.97. The lowest BCUT2D eigenvalue weighted by Gasteiger charge is -2.10. The lowest BCUT2D eigenvalue weighted by molar-refractivity contribution is 0.0805. The number of rotatable bonds is 4. The highest BCUT2D eigenvalue weighted by atomic mass is 19.3. The molecule has 1 aromatic carbocycles. The maximum absolute atomic E-state index is 12.8. The molecule has 0 radical (unpaired) electrons. The van der Waals surface area contributed by atoms with Gasteiger partial charge in [0, 0.05) is 0 Å². The SMILES string of the molecule is Cc1cc(F)cc(C=O)c1OCC(F)F. The molecule has 0 N–H and O–H groups in total. The highest BCUT2D eigenvalue weighted by Crippen LogP contribution is 2.24. The van der Waals surface area contributed by atoms with E-state index < -0.39 is 18.8 Å². The normalized spacial score (nSPS) is 10.5. The first-order valence-corrected chi connectivity index (χ1v) is 4.21. The molecule has 0 aliphatic carbocycles. The van der Waals surface area contributed by atoms with E-state index in [1.54, 1.807) is 0 Å². The van der Waals surface area contributed by atoms with Gasteiger partial charge in [-0.05, 0) is 24.6 Å². The molecule has 0 saturated heterocycles. The van der Waals surface area contributed by atoms with Crippen LogP contribution < -0.4 is 4.74 Å². The summed E-state index contributed by atoms with van der Waals surface area (Å²) in [6.45, 7) is 0.671. The van der Waals surface area contributed by atoms with Crippen molar-refractivity contribution in [2.24, 2.45) is 0 Å². The van der Waals surface area contributed by atoms with Gasteiger partial charge in [0.05, 0.1) is 5.56 Å². The number of aldehydes is 1. The first-order chi connectivity index (χ1) is 7.04. The quantitative estimate of drug-likeness (QED) is 0.726. The number of aryl methyl sites for hydroxylation is 1. The minimum absolute atomic E-state index is 0.00620. The molecule has 0 unspecified atom stereocenters. The Morgan fingerprint density at radius 2 is 2.13 bits per heavy atom. The fourth-order valence-electron chi connectivity index (χ4n) is 1.19. The lowest BCUT2D eigenvalue weighted by atomic mass is 10.1. The van der Waals surface area contributed by atoms with Crippen molar-refractivity contribution in [2.75, 3.05) is 6.61 Å². The molecule has 0 aromatic heterocycles. The van der Waals surface area contributed by atoms with Gasteiger partial charge in [-0.3, -0.25) is 4.79 Å². The van der Waals surface area contributed by atoms with Gasteiger partial charge in [0.25, 0.3) is 6.43 Å². The van der Waals surface area contributed by atoms with Crippen molar-refractivity contribution in [1.82, 2.24) is 0 Å². The minimum Gasteiger partial charge on any atom is -0.487 e. The van der Waals surface area contributed by atoms with Crippen molar-refractivity contribution in [2.45, 2.75) is 13.3 Å². The summed E-state index contributed by atoms with van der Waals surface area (Å²) in [4.78, 5) is 10.5. The number of hydrogen-bond donors (Lipinski definition) is 0. The van der Waals surface area contributed by atoms with Gasteiger partial charge in [0.15, 0.2) is 6.29 Å². The largest absolute Gasteiger partial charge is 0.487 e. The van der Waals surface area contributed by atoms with E-state index in [-0.39, 0.29) is 11.3 Å². The van der Waals surface area contributed by atoms with Crippen molar-refractivity contribution < 1.29 is 22.7 Å². The van der Waals surface area contributed by atoms with Gasteiger partial charge in [-0.2, -0.15) is 0 Å². The summed E-state index contributed by atoms with van der Waals surface area (Å²) in [7, 11) is 0. The third-order valence-electron chi connectivity index (χ3n) is 1.75. The average Bonchev–Trinajstić information content (AvgIpc) is 2.14. The van der Waals surface area contributed by atoms with Gasteiger partial charge in [0.2, 0.25) is 0 Å². The highest BCUT2D eigenvalue weighted by Gasteiger charge is 2.11. The van der Waals surface area contributed by atoms with Crippen LogP contribution >= 0.6 is 0 Å². The van der Waals surface area contributed by atoms with Crippen molar-refractivity contribution in [3.63, 3.8) is 0 Å². The molecule has 1 rings (SSSR count). The summed E-state index contributed by atoms with van der Waals surface area (Å²) >= 11 is 0. The van der Waals surface area contributed by atoms with E-state index in [9.17, 15) is 18.0 Å². The van der Waals surface area contributed by atoms with Gasteiger partial charge in [-0.15, -0.1) is 0 Å². The summed E-state index contributed by atoms with van der Waals surface area (Å²) in [5.41, 5.74) is 0.255. The van der Waals surface area contributed by atoms with Crippen molar-refractivity contribution in [3.8, 4) is 5.75 Å². The Labute approximate surface area is 84.7 Å². The third-order valence-corrected chi connectivity index (χ3v) is 1.75. The van der Waals surface area contributed by atoms with Gasteiger partial charge in [-0.1, -0.05) is 0 Å². The Hall–Kier alpha value is -1.52. The van der Waals surface area contributed by atoms with Crippen LogP contribution in [0.5, 0.6) is 5.75 Å². The van der Waals surface area contributed by atoms with Gasteiger partial charge in [0.1, 0.15) is 18.2 Å². The van der Waals surface area contributed by atoms with Crippen molar-refractivity contribution in [1.29, 1.82) is 0 Å². The molecular weight excluding hydrogens is 209 g/mol. The van der Waals surface area contributed by atoms with E-state index in [4.69, 9.17) is 4.74 Å². The van der Waals surface area contributed by atoms with Crippen LogP contribution in [0.3, 0.4) is 0 Å². The smallest absolute Gasteiger partial charge is 0.272 e. The van der Waals surface area contributed by atoms with E-state index in [1.165, 1.54) is 6.92 Å². The van der Waals surface area contributed by atoms with E-state index in [0.29, 0.717) is 11.8 Å². The second-order valence-electron chi connectivity index (χ2n) is 2.96. The average molecular weight is 218 g/mol. The molecule has 0 aliphatic rings. The Kier molecular flexibility index (Phi) is 3.71. The van der Waals surface area contributed by atoms with Gasteiger partial charge in [-0.25, -0.2) is 13.2 Å². The molecule has 15 heavy (non-hydrogen) atoms. The van der Waals surface area contributed by atoms with E-state index in [1.807, 2.05) is 0 Å². The van der Waals surface area contributed by atoms with Crippen LogP contribution in [0.15, 0.2) is 12.1 Å². The van der Waals surface area contributed by atoms with Gasteiger partial charge >= 0.3 is 0 Å². The predicted octanol–water partition coefficient (Wildman–Crippen LogP) is 2.59. The number of ether oxygens (including phenoxy) is 1. The molecule has 0 saturated carbocycles. The van der Waals surface area contributed by atoms with Crippen molar-refractivity contribution >= 4 is 6.29 Å². The Morgan fingerprint density at radius 3 is 2.67 bits per heavy atom. The number of benzene rings is 1. The first-order valence-electron chi connectivity index (χ1n) is 4.21. The minimum atomic E-state index is -2.63. The zero-order valence-electron chi connectivity index (χ0n) is 7.97. The molecule has 0 spiro atoms. The summed E-state index contributed by atoms with van der Waals surface area (Å²) in [6, 6.07) is 2.06. The van der Waals surface area contributed by atoms with Crippen LogP contribution in [0.1, 0.15) is 15.9 Å². The molecule has 0 aliphatic heterocycles. The first kappa shape index (κ1) is 11.6. The standard InChI is InChI=1S/C10H9F3O2/c1-6-2-8(11)3-7(4-14)10(6)15-5-9(12)13/h2-4,9H,5H2,1H3. The maximum atomic E-state index is 12.8. The van der Waals surface area contributed by atoms with Crippen LogP contribution in [0.25, 0.3) is 0 Å². The van der Waals surface area contributed by atoms with Crippen LogP contribution in [0.2, 0.25) is 0 Å². The van der Waals surface area contributed by atoms with Crippen LogP contribution in [0, 0.1) is 12.7 Å². The van der Waals surface area contributed by atoms with Crippen LogP contribution in [-0.2, 0) is 0 Å². The van der Waals surface area contributed by atoms with E-state index in [2.05, 4.69) is 0 Å². The number of alkyl halides is 2. The molecular formula is C10H9F3O2. The Balaban J connectivity index is 2.99. The molecule has 82 valence electrons. The fraction of sp³-hybridized carbons (Fsp3) is 0.300. The summed E-state index contributed by atoms with van der Waals surface area (Å²) in [5.74, 6) is -0.592. The molecule has 1 aromatic rings. The molecule has 0 amide bonds. The monoisotopic (exact) mass is 218 g/mol. The molecule has 2 nitrogen and oxygen atoms in total. The molecule has 0 bridgehead atoms.